The quantitative estimate of drug-likeness (QED) is 0.792. The van der Waals surface area contributed by atoms with Gasteiger partial charge in [-0.25, -0.2) is 4.98 Å². The van der Waals surface area contributed by atoms with Gasteiger partial charge in [-0.1, -0.05) is 6.07 Å². The molecule has 4 heteroatoms. The molecule has 0 radical (unpaired) electrons. The smallest absolute Gasteiger partial charge is 0.133 e. The van der Waals surface area contributed by atoms with Crippen molar-refractivity contribution >= 4 is 15.9 Å². The molecule has 0 spiro atoms. The summed E-state index contributed by atoms with van der Waals surface area (Å²) in [5.74, 6) is 0.156. The molecule has 0 unspecified atom stereocenters. The highest BCUT2D eigenvalue weighted by Crippen LogP contribution is 2.18. The summed E-state index contributed by atoms with van der Waals surface area (Å²) in [5, 5.41) is 9.07. The Hall–Kier alpha value is -1.42. The van der Waals surface area contributed by atoms with Crippen LogP contribution in [0.15, 0.2) is 41.1 Å². The summed E-state index contributed by atoms with van der Waals surface area (Å²) < 4.78 is 0.768. The molecular weight excluding hydrogens is 244 g/mol. The van der Waals surface area contributed by atoms with E-state index in [2.05, 4.69) is 25.9 Å². The SMILES string of the molecule is Oc1ccc(-c2cccc(Br)n2)nc1. The number of halogens is 1. The van der Waals surface area contributed by atoms with E-state index < -0.39 is 0 Å². The average Bonchev–Trinajstić information content (AvgIpc) is 2.19. The van der Waals surface area contributed by atoms with Crippen molar-refractivity contribution in [1.82, 2.24) is 9.97 Å². The maximum Gasteiger partial charge on any atom is 0.133 e. The van der Waals surface area contributed by atoms with Crippen molar-refractivity contribution in [2.24, 2.45) is 0 Å². The number of pyridine rings is 2. The van der Waals surface area contributed by atoms with Crippen LogP contribution in [0.5, 0.6) is 5.75 Å². The third-order valence-corrected chi connectivity index (χ3v) is 2.17. The lowest BCUT2D eigenvalue weighted by molar-refractivity contribution is 0.473. The Morgan fingerprint density at radius 3 is 2.57 bits per heavy atom. The zero-order valence-electron chi connectivity index (χ0n) is 7.18. The Balaban J connectivity index is 2.44. The van der Waals surface area contributed by atoms with Gasteiger partial charge in [0.1, 0.15) is 10.4 Å². The molecule has 0 amide bonds. The summed E-state index contributed by atoms with van der Waals surface area (Å²) in [6.07, 6.45) is 1.40. The third-order valence-electron chi connectivity index (χ3n) is 1.73. The molecule has 14 heavy (non-hydrogen) atoms. The zero-order valence-corrected chi connectivity index (χ0v) is 8.77. The molecule has 0 atom stereocenters. The van der Waals surface area contributed by atoms with Crippen molar-refractivity contribution in [3.8, 4) is 17.1 Å². The fraction of sp³-hybridized carbons (Fsp3) is 0. The first-order valence-corrected chi connectivity index (χ1v) is 4.83. The van der Waals surface area contributed by atoms with Gasteiger partial charge in [-0.2, -0.15) is 0 Å². The Kier molecular flexibility index (Phi) is 2.45. The number of aromatic hydroxyl groups is 1. The Morgan fingerprint density at radius 1 is 1.07 bits per heavy atom. The molecule has 0 aliphatic carbocycles. The normalized spacial score (nSPS) is 10.1. The fourth-order valence-electron chi connectivity index (χ4n) is 1.09. The zero-order chi connectivity index (χ0) is 9.97. The lowest BCUT2D eigenvalue weighted by Crippen LogP contribution is -1.86. The van der Waals surface area contributed by atoms with E-state index in [9.17, 15) is 0 Å². The molecule has 0 saturated carbocycles. The van der Waals surface area contributed by atoms with Crippen LogP contribution in [0.2, 0.25) is 0 Å². The van der Waals surface area contributed by atoms with E-state index in [0.29, 0.717) is 0 Å². The molecule has 0 aliphatic rings. The highest BCUT2D eigenvalue weighted by Gasteiger charge is 2.00. The van der Waals surface area contributed by atoms with Crippen LogP contribution in [0.1, 0.15) is 0 Å². The Morgan fingerprint density at radius 2 is 1.93 bits per heavy atom. The maximum absolute atomic E-state index is 9.07. The number of hydrogen-bond donors (Lipinski definition) is 1. The largest absolute Gasteiger partial charge is 0.506 e. The Bertz CT molecular complexity index is 442. The van der Waals surface area contributed by atoms with Gasteiger partial charge in [0.15, 0.2) is 0 Å². The molecule has 0 bridgehead atoms. The molecular formula is C10H7BrN2O. The first kappa shape index (κ1) is 9.15. The van der Waals surface area contributed by atoms with Gasteiger partial charge in [0.05, 0.1) is 17.6 Å². The van der Waals surface area contributed by atoms with E-state index in [1.54, 1.807) is 12.1 Å². The summed E-state index contributed by atoms with van der Waals surface area (Å²) in [6, 6.07) is 8.92. The van der Waals surface area contributed by atoms with Gasteiger partial charge in [0.25, 0.3) is 0 Å². The van der Waals surface area contributed by atoms with Gasteiger partial charge in [0, 0.05) is 0 Å². The van der Waals surface area contributed by atoms with Gasteiger partial charge >= 0.3 is 0 Å². The summed E-state index contributed by atoms with van der Waals surface area (Å²) in [6.45, 7) is 0. The van der Waals surface area contributed by atoms with Crippen LogP contribution in [0.25, 0.3) is 11.4 Å². The van der Waals surface area contributed by atoms with Gasteiger partial charge in [0.2, 0.25) is 0 Å². The monoisotopic (exact) mass is 250 g/mol. The van der Waals surface area contributed by atoms with Crippen molar-refractivity contribution in [3.05, 3.63) is 41.1 Å². The van der Waals surface area contributed by atoms with Crippen molar-refractivity contribution < 1.29 is 5.11 Å². The van der Waals surface area contributed by atoms with Gasteiger partial charge < -0.3 is 5.11 Å². The fourth-order valence-corrected chi connectivity index (χ4v) is 1.43. The lowest BCUT2D eigenvalue weighted by atomic mass is 10.2. The van der Waals surface area contributed by atoms with Crippen molar-refractivity contribution in [2.75, 3.05) is 0 Å². The second-order valence-electron chi connectivity index (χ2n) is 2.75. The van der Waals surface area contributed by atoms with Crippen LogP contribution >= 0.6 is 15.9 Å². The summed E-state index contributed by atoms with van der Waals surface area (Å²) in [7, 11) is 0. The van der Waals surface area contributed by atoms with E-state index in [4.69, 9.17) is 5.11 Å². The van der Waals surface area contributed by atoms with E-state index in [0.717, 1.165) is 16.0 Å². The minimum atomic E-state index is 0.156. The summed E-state index contributed by atoms with van der Waals surface area (Å²) in [4.78, 5) is 8.30. The van der Waals surface area contributed by atoms with Gasteiger partial charge in [-0.15, -0.1) is 0 Å². The van der Waals surface area contributed by atoms with Gasteiger partial charge in [-0.3, -0.25) is 4.98 Å². The molecule has 2 aromatic rings. The number of aromatic nitrogens is 2. The molecule has 3 nitrogen and oxygen atoms in total. The highest BCUT2D eigenvalue weighted by molar-refractivity contribution is 9.10. The lowest BCUT2D eigenvalue weighted by Gasteiger charge is -1.99. The third kappa shape index (κ3) is 1.90. The molecule has 0 aliphatic heterocycles. The van der Waals surface area contributed by atoms with Crippen LogP contribution in [-0.4, -0.2) is 15.1 Å². The molecule has 1 N–H and O–H groups in total. The number of nitrogens with zero attached hydrogens (tertiary/aromatic N) is 2. The molecule has 2 heterocycles. The first-order valence-electron chi connectivity index (χ1n) is 4.03. The minimum absolute atomic E-state index is 0.156. The topological polar surface area (TPSA) is 46.0 Å². The maximum atomic E-state index is 9.07. The van der Waals surface area contributed by atoms with Crippen LogP contribution in [-0.2, 0) is 0 Å². The molecule has 2 aromatic heterocycles. The van der Waals surface area contributed by atoms with Gasteiger partial charge in [-0.05, 0) is 40.2 Å². The van der Waals surface area contributed by atoms with Crippen LogP contribution in [0, 0.1) is 0 Å². The van der Waals surface area contributed by atoms with Crippen molar-refractivity contribution in [2.45, 2.75) is 0 Å². The number of hydrogen-bond acceptors (Lipinski definition) is 3. The molecule has 0 fully saturated rings. The second-order valence-corrected chi connectivity index (χ2v) is 3.56. The average molecular weight is 251 g/mol. The summed E-state index contributed by atoms with van der Waals surface area (Å²) >= 11 is 3.29. The van der Waals surface area contributed by atoms with E-state index >= 15 is 0 Å². The van der Waals surface area contributed by atoms with E-state index in [1.165, 1.54) is 6.20 Å². The predicted molar refractivity (Wildman–Crippen MR) is 56.8 cm³/mol. The standard InChI is InChI=1S/C10H7BrN2O/c11-10-3-1-2-9(13-10)8-5-4-7(14)6-12-8/h1-6,14H. The number of rotatable bonds is 1. The molecule has 70 valence electrons. The van der Waals surface area contributed by atoms with E-state index in [1.807, 2.05) is 18.2 Å². The van der Waals surface area contributed by atoms with Crippen molar-refractivity contribution in [3.63, 3.8) is 0 Å². The molecule has 0 saturated heterocycles. The highest BCUT2D eigenvalue weighted by atomic mass is 79.9. The van der Waals surface area contributed by atoms with Crippen LogP contribution in [0.4, 0.5) is 0 Å². The minimum Gasteiger partial charge on any atom is -0.506 e. The summed E-state index contributed by atoms with van der Waals surface area (Å²) in [5.41, 5.74) is 1.52. The molecule has 0 aromatic carbocycles. The van der Waals surface area contributed by atoms with Crippen molar-refractivity contribution in [1.29, 1.82) is 0 Å². The van der Waals surface area contributed by atoms with Crippen LogP contribution in [0.3, 0.4) is 0 Å². The second kappa shape index (κ2) is 3.75. The van der Waals surface area contributed by atoms with Crippen LogP contribution < -0.4 is 0 Å². The predicted octanol–water partition coefficient (Wildman–Crippen LogP) is 2.61. The Labute approximate surface area is 89.6 Å². The first-order chi connectivity index (χ1) is 6.75. The van der Waals surface area contributed by atoms with E-state index in [-0.39, 0.29) is 5.75 Å². The molecule has 2 rings (SSSR count).